The number of carbonyl (C=O) groups excluding carboxylic acids is 2. The number of nitrogens with zero attached hydrogens (tertiary/aromatic N) is 3. The Kier molecular flexibility index (Phi) is 8.19. The number of hydrogen-bond donors (Lipinski definition) is 1. The molecule has 3 rings (SSSR count). The highest BCUT2D eigenvalue weighted by atomic mass is 35.5. The van der Waals surface area contributed by atoms with Gasteiger partial charge in [-0.25, -0.2) is 4.98 Å². The summed E-state index contributed by atoms with van der Waals surface area (Å²) in [5.41, 5.74) is 9.08. The van der Waals surface area contributed by atoms with Crippen molar-refractivity contribution in [2.24, 2.45) is 5.92 Å². The van der Waals surface area contributed by atoms with Crippen molar-refractivity contribution in [3.8, 4) is 0 Å². The maximum absolute atomic E-state index is 13.0. The molecule has 1 aliphatic rings. The van der Waals surface area contributed by atoms with Gasteiger partial charge in [-0.3, -0.25) is 9.59 Å². The van der Waals surface area contributed by atoms with Crippen LogP contribution in [0.3, 0.4) is 0 Å². The lowest BCUT2D eigenvalue weighted by Gasteiger charge is -2.48. The molecule has 1 fully saturated rings. The van der Waals surface area contributed by atoms with Crippen molar-refractivity contribution in [3.63, 3.8) is 0 Å². The van der Waals surface area contributed by atoms with Crippen LogP contribution in [0.25, 0.3) is 0 Å². The highest BCUT2D eigenvalue weighted by Gasteiger charge is 2.39. The van der Waals surface area contributed by atoms with Crippen molar-refractivity contribution in [2.75, 3.05) is 30.3 Å². The molecular formula is C25H33ClN4O3. The normalized spacial score (nSPS) is 18.5. The van der Waals surface area contributed by atoms with Crippen LogP contribution in [0.15, 0.2) is 36.5 Å². The second kappa shape index (κ2) is 10.9. The van der Waals surface area contributed by atoms with Crippen LogP contribution < -0.4 is 10.6 Å². The zero-order chi connectivity index (χ0) is 24.1. The number of nitrogens with two attached hydrogens (primary N) is 1. The maximum atomic E-state index is 13.0. The Hall–Kier alpha value is -2.80. The smallest absolute Gasteiger partial charge is 0.315 e. The van der Waals surface area contributed by atoms with Gasteiger partial charge in [0.25, 0.3) is 0 Å². The van der Waals surface area contributed by atoms with E-state index >= 15 is 0 Å². The van der Waals surface area contributed by atoms with Crippen LogP contribution in [0.4, 0.5) is 11.5 Å². The number of piperazine rings is 1. The molecular weight excluding hydrogens is 440 g/mol. The first-order valence-corrected chi connectivity index (χ1v) is 11.8. The predicted molar refractivity (Wildman–Crippen MR) is 131 cm³/mol. The van der Waals surface area contributed by atoms with E-state index in [0.717, 1.165) is 17.5 Å². The number of ether oxygens (including phenoxy) is 1. The molecule has 0 spiro atoms. The fraction of sp³-hybridized carbons (Fsp3) is 0.480. The van der Waals surface area contributed by atoms with Gasteiger partial charge < -0.3 is 20.3 Å². The second-order valence-electron chi connectivity index (χ2n) is 8.96. The fourth-order valence-electron chi connectivity index (χ4n) is 4.39. The van der Waals surface area contributed by atoms with E-state index in [4.69, 9.17) is 22.1 Å². The Morgan fingerprint density at radius 2 is 1.94 bits per heavy atom. The van der Waals surface area contributed by atoms with Gasteiger partial charge in [-0.1, -0.05) is 55.3 Å². The van der Waals surface area contributed by atoms with E-state index in [1.54, 1.807) is 24.1 Å². The number of aryl methyl sites for hydroxylation is 1. The number of pyridine rings is 1. The lowest BCUT2D eigenvalue weighted by Crippen LogP contribution is -2.57. The van der Waals surface area contributed by atoms with Gasteiger partial charge >= 0.3 is 5.97 Å². The minimum absolute atomic E-state index is 0.0350. The van der Waals surface area contributed by atoms with Gasteiger partial charge in [-0.15, -0.1) is 0 Å². The van der Waals surface area contributed by atoms with Crippen molar-refractivity contribution < 1.29 is 14.3 Å². The van der Waals surface area contributed by atoms with Gasteiger partial charge in [0.15, 0.2) is 5.82 Å². The Balaban J connectivity index is 2.03. The molecule has 2 N–H and O–H groups in total. The van der Waals surface area contributed by atoms with E-state index < -0.39 is 5.97 Å². The first kappa shape index (κ1) is 24.8. The van der Waals surface area contributed by atoms with E-state index in [2.05, 4.69) is 48.0 Å². The zero-order valence-electron chi connectivity index (χ0n) is 19.8. The molecule has 7 nitrogen and oxygen atoms in total. The molecule has 0 bridgehead atoms. The Morgan fingerprint density at radius 1 is 1.24 bits per heavy atom. The van der Waals surface area contributed by atoms with Gasteiger partial charge in [0.2, 0.25) is 5.91 Å². The summed E-state index contributed by atoms with van der Waals surface area (Å²) in [4.78, 5) is 33.6. The highest BCUT2D eigenvalue weighted by molar-refractivity contribution is 6.30. The molecule has 2 atom stereocenters. The zero-order valence-corrected chi connectivity index (χ0v) is 20.5. The molecule has 1 aromatic heterocycles. The minimum atomic E-state index is -0.499. The highest BCUT2D eigenvalue weighted by Crippen LogP contribution is 2.38. The summed E-state index contributed by atoms with van der Waals surface area (Å²) >= 11 is 6.13. The molecule has 178 valence electrons. The summed E-state index contributed by atoms with van der Waals surface area (Å²) in [5.74, 6) is 0.315. The lowest BCUT2D eigenvalue weighted by atomic mass is 9.93. The van der Waals surface area contributed by atoms with Gasteiger partial charge in [-0.2, -0.15) is 0 Å². The number of anilines is 2. The van der Waals surface area contributed by atoms with Crippen molar-refractivity contribution in [2.45, 2.75) is 52.6 Å². The minimum Gasteiger partial charge on any atom is -0.466 e. The SMILES string of the molecule is CCOC(=O)CC(=O)N1C[C@H](CC(C)C)N(c2ncc(Cl)cc2N)[C@H](c2ccc(C)cc2)C1. The molecule has 8 heteroatoms. The number of benzene rings is 1. The maximum Gasteiger partial charge on any atom is 0.315 e. The quantitative estimate of drug-likeness (QED) is 0.475. The molecule has 33 heavy (non-hydrogen) atoms. The molecule has 0 radical (unpaired) electrons. The second-order valence-corrected chi connectivity index (χ2v) is 9.40. The Morgan fingerprint density at radius 3 is 2.55 bits per heavy atom. The van der Waals surface area contributed by atoms with E-state index in [9.17, 15) is 9.59 Å². The number of nitrogen functional groups attached to an aromatic ring is 1. The number of carbonyl (C=O) groups is 2. The van der Waals surface area contributed by atoms with Crippen molar-refractivity contribution >= 4 is 35.0 Å². The molecule has 1 saturated heterocycles. The van der Waals surface area contributed by atoms with Crippen LogP contribution in [-0.4, -0.2) is 47.5 Å². The van der Waals surface area contributed by atoms with Crippen LogP contribution in [0, 0.1) is 12.8 Å². The standard InChI is InChI=1S/C25H33ClN4O3/c1-5-33-24(32)12-23(31)29-14-20(10-16(2)3)30(25-21(27)11-19(26)13-28-25)22(15-29)18-8-6-17(4)7-9-18/h6-9,11,13,16,20,22H,5,10,12,14-15,27H2,1-4H3/t20-,22-/m0/s1. The van der Waals surface area contributed by atoms with Crippen molar-refractivity contribution in [1.82, 2.24) is 9.88 Å². The number of aromatic nitrogens is 1. The third-order valence-electron chi connectivity index (χ3n) is 5.82. The van der Waals surface area contributed by atoms with E-state index in [1.165, 1.54) is 0 Å². The van der Waals surface area contributed by atoms with Gasteiger partial charge in [0.1, 0.15) is 6.42 Å². The van der Waals surface area contributed by atoms with E-state index in [1.807, 2.05) is 6.92 Å². The third-order valence-corrected chi connectivity index (χ3v) is 6.03. The molecule has 1 aliphatic heterocycles. The van der Waals surface area contributed by atoms with E-state index in [-0.39, 0.29) is 31.0 Å². The molecule has 0 unspecified atom stereocenters. The van der Waals surface area contributed by atoms with Crippen LogP contribution >= 0.6 is 11.6 Å². The summed E-state index contributed by atoms with van der Waals surface area (Å²) in [6, 6.07) is 9.76. The first-order valence-electron chi connectivity index (χ1n) is 11.4. The number of esters is 1. The summed E-state index contributed by atoms with van der Waals surface area (Å²) < 4.78 is 5.00. The van der Waals surface area contributed by atoms with E-state index in [0.29, 0.717) is 35.5 Å². The Labute approximate surface area is 200 Å². The summed E-state index contributed by atoms with van der Waals surface area (Å²) in [6.07, 6.45) is 2.17. The molecule has 1 aromatic carbocycles. The largest absolute Gasteiger partial charge is 0.466 e. The average molecular weight is 473 g/mol. The van der Waals surface area contributed by atoms with Gasteiger partial charge in [0, 0.05) is 25.3 Å². The predicted octanol–water partition coefficient (Wildman–Crippen LogP) is 4.38. The topological polar surface area (TPSA) is 88.8 Å². The molecule has 2 heterocycles. The van der Waals surface area contributed by atoms with Crippen LogP contribution in [0.5, 0.6) is 0 Å². The monoisotopic (exact) mass is 472 g/mol. The lowest BCUT2D eigenvalue weighted by molar-refractivity contribution is -0.149. The number of rotatable bonds is 7. The number of amides is 1. The average Bonchev–Trinajstić information content (AvgIpc) is 2.74. The molecule has 2 aromatic rings. The Bertz CT molecular complexity index is 980. The van der Waals surface area contributed by atoms with Crippen molar-refractivity contribution in [3.05, 3.63) is 52.7 Å². The van der Waals surface area contributed by atoms with Crippen LogP contribution in [0.2, 0.25) is 5.02 Å². The van der Waals surface area contributed by atoms with Gasteiger partial charge in [0.05, 0.1) is 23.4 Å². The summed E-state index contributed by atoms with van der Waals surface area (Å²) in [7, 11) is 0. The first-order chi connectivity index (χ1) is 15.7. The van der Waals surface area contributed by atoms with Crippen molar-refractivity contribution in [1.29, 1.82) is 0 Å². The number of halogens is 1. The van der Waals surface area contributed by atoms with Gasteiger partial charge in [-0.05, 0) is 37.8 Å². The summed E-state index contributed by atoms with van der Waals surface area (Å²) in [5, 5.41) is 0.479. The number of hydrogen-bond acceptors (Lipinski definition) is 6. The third kappa shape index (κ3) is 6.16. The molecule has 1 amide bonds. The van der Waals surface area contributed by atoms with Crippen LogP contribution in [-0.2, 0) is 14.3 Å². The molecule has 0 saturated carbocycles. The summed E-state index contributed by atoms with van der Waals surface area (Å²) in [6.45, 7) is 9.22. The molecule has 0 aliphatic carbocycles. The van der Waals surface area contributed by atoms with Crippen LogP contribution in [0.1, 0.15) is 50.8 Å². The fourth-order valence-corrected chi connectivity index (χ4v) is 4.56.